The molecule has 0 aromatic heterocycles. The molecular formula is C21H27NO3SSi. The molecule has 2 N–H and O–H groups in total. The van der Waals surface area contributed by atoms with Crippen LogP contribution in [0.4, 0.5) is 0 Å². The Balaban J connectivity index is 1.97. The SMILES string of the molecule is CC(=O)N[C@@H](CSCCC[Si](C)(c1ccccc1)c1ccccc1)C(=O)O. The van der Waals surface area contributed by atoms with E-state index >= 15 is 0 Å². The Bertz CT molecular complexity index is 700. The van der Waals surface area contributed by atoms with E-state index in [0.29, 0.717) is 5.75 Å². The summed E-state index contributed by atoms with van der Waals surface area (Å²) in [5.74, 6) is -0.0169. The first-order chi connectivity index (χ1) is 12.9. The fourth-order valence-electron chi connectivity index (χ4n) is 3.22. The molecule has 0 unspecified atom stereocenters. The molecule has 144 valence electrons. The van der Waals surface area contributed by atoms with Crippen LogP contribution in [-0.2, 0) is 9.59 Å². The number of amides is 1. The van der Waals surface area contributed by atoms with Crippen molar-refractivity contribution in [3.05, 3.63) is 60.7 Å². The number of thioether (sulfide) groups is 1. The zero-order valence-electron chi connectivity index (χ0n) is 15.9. The van der Waals surface area contributed by atoms with Crippen LogP contribution in [0.25, 0.3) is 0 Å². The predicted molar refractivity (Wildman–Crippen MR) is 116 cm³/mol. The minimum atomic E-state index is -1.83. The van der Waals surface area contributed by atoms with Crippen molar-refractivity contribution in [1.29, 1.82) is 0 Å². The third-order valence-corrected chi connectivity index (χ3v) is 10.5. The lowest BCUT2D eigenvalue weighted by Crippen LogP contribution is -2.55. The highest BCUT2D eigenvalue weighted by atomic mass is 32.2. The van der Waals surface area contributed by atoms with Crippen molar-refractivity contribution in [2.45, 2.75) is 32.0 Å². The molecule has 6 heteroatoms. The van der Waals surface area contributed by atoms with E-state index in [-0.39, 0.29) is 5.91 Å². The third-order valence-electron chi connectivity index (χ3n) is 4.75. The van der Waals surface area contributed by atoms with Gasteiger partial charge in [-0.15, -0.1) is 0 Å². The van der Waals surface area contributed by atoms with Crippen LogP contribution in [0.5, 0.6) is 0 Å². The van der Waals surface area contributed by atoms with Crippen LogP contribution in [0.3, 0.4) is 0 Å². The molecule has 27 heavy (non-hydrogen) atoms. The van der Waals surface area contributed by atoms with Gasteiger partial charge < -0.3 is 10.4 Å². The zero-order valence-corrected chi connectivity index (χ0v) is 17.7. The predicted octanol–water partition coefficient (Wildman–Crippen LogP) is 2.59. The van der Waals surface area contributed by atoms with Gasteiger partial charge in [0.05, 0.1) is 0 Å². The van der Waals surface area contributed by atoms with Gasteiger partial charge in [0, 0.05) is 12.7 Å². The lowest BCUT2D eigenvalue weighted by atomic mass is 10.3. The second-order valence-corrected chi connectivity index (χ2v) is 12.3. The van der Waals surface area contributed by atoms with E-state index in [1.165, 1.54) is 17.3 Å². The summed E-state index contributed by atoms with van der Waals surface area (Å²) in [6.45, 7) is 3.75. The Hall–Kier alpha value is -2.05. The normalized spacial score (nSPS) is 12.4. The average molecular weight is 402 g/mol. The Labute approximate surface area is 166 Å². The first-order valence-electron chi connectivity index (χ1n) is 9.12. The largest absolute Gasteiger partial charge is 0.480 e. The van der Waals surface area contributed by atoms with Crippen molar-refractivity contribution in [1.82, 2.24) is 5.32 Å². The zero-order chi connectivity index (χ0) is 19.7. The van der Waals surface area contributed by atoms with Crippen molar-refractivity contribution in [3.8, 4) is 0 Å². The van der Waals surface area contributed by atoms with Gasteiger partial charge in [-0.25, -0.2) is 4.79 Å². The summed E-state index contributed by atoms with van der Waals surface area (Å²) in [5, 5.41) is 14.5. The molecule has 0 spiro atoms. The summed E-state index contributed by atoms with van der Waals surface area (Å²) >= 11 is 1.59. The summed E-state index contributed by atoms with van der Waals surface area (Å²) in [7, 11) is -1.83. The maximum Gasteiger partial charge on any atom is 0.327 e. The van der Waals surface area contributed by atoms with Crippen molar-refractivity contribution in [2.75, 3.05) is 11.5 Å². The van der Waals surface area contributed by atoms with Gasteiger partial charge in [-0.05, 0) is 18.2 Å². The average Bonchev–Trinajstić information content (AvgIpc) is 2.67. The fraction of sp³-hybridized carbons (Fsp3) is 0.333. The van der Waals surface area contributed by atoms with Crippen LogP contribution in [-0.4, -0.2) is 42.6 Å². The highest BCUT2D eigenvalue weighted by Crippen LogP contribution is 2.17. The van der Waals surface area contributed by atoms with Crippen LogP contribution in [0.1, 0.15) is 13.3 Å². The molecular weight excluding hydrogens is 374 g/mol. The molecule has 0 radical (unpaired) electrons. The van der Waals surface area contributed by atoms with Gasteiger partial charge in [0.25, 0.3) is 0 Å². The van der Waals surface area contributed by atoms with Gasteiger partial charge in [0.2, 0.25) is 5.91 Å². The molecule has 0 aliphatic carbocycles. The summed E-state index contributed by atoms with van der Waals surface area (Å²) in [5.41, 5.74) is 0. The van der Waals surface area contributed by atoms with Crippen LogP contribution in [0, 0.1) is 0 Å². The number of carboxylic acids is 1. The summed E-state index contributed by atoms with van der Waals surface area (Å²) in [6.07, 6.45) is 1.02. The first-order valence-corrected chi connectivity index (χ1v) is 13.0. The standard InChI is InChI=1S/C21H27NO3SSi/c1-17(23)22-20(21(24)25)16-26-14-9-15-27(2,18-10-5-3-6-11-18)19-12-7-4-8-13-19/h3-8,10-13,20H,9,14-16H2,1-2H3,(H,22,23)(H,24,25)/t20-/m0/s1. The van der Waals surface area contributed by atoms with Crippen LogP contribution < -0.4 is 15.7 Å². The Morgan fingerprint density at radius 3 is 2.00 bits per heavy atom. The number of hydrogen-bond acceptors (Lipinski definition) is 3. The molecule has 2 aromatic rings. The Morgan fingerprint density at radius 1 is 1.04 bits per heavy atom. The number of benzene rings is 2. The molecule has 4 nitrogen and oxygen atoms in total. The molecule has 0 saturated carbocycles. The van der Waals surface area contributed by atoms with Crippen LogP contribution in [0.15, 0.2) is 60.7 Å². The van der Waals surface area contributed by atoms with E-state index in [1.54, 1.807) is 11.8 Å². The van der Waals surface area contributed by atoms with E-state index in [4.69, 9.17) is 0 Å². The first kappa shape index (κ1) is 21.2. The number of carbonyl (C=O) groups is 2. The molecule has 0 aliphatic heterocycles. The fourth-order valence-corrected chi connectivity index (χ4v) is 8.10. The van der Waals surface area contributed by atoms with Gasteiger partial charge in [-0.2, -0.15) is 11.8 Å². The highest BCUT2D eigenvalue weighted by molar-refractivity contribution is 7.99. The van der Waals surface area contributed by atoms with Crippen LogP contribution >= 0.6 is 11.8 Å². The second-order valence-electron chi connectivity index (χ2n) is 6.83. The van der Waals surface area contributed by atoms with Crippen molar-refractivity contribution < 1.29 is 14.7 Å². The summed E-state index contributed by atoms with van der Waals surface area (Å²) in [4.78, 5) is 22.3. The molecule has 0 saturated heterocycles. The maximum absolute atomic E-state index is 11.2. The molecule has 0 heterocycles. The Kier molecular flexibility index (Phi) is 8.13. The molecule has 0 aliphatic rings. The third kappa shape index (κ3) is 6.25. The highest BCUT2D eigenvalue weighted by Gasteiger charge is 2.31. The van der Waals surface area contributed by atoms with Gasteiger partial charge in [-0.1, -0.05) is 77.6 Å². The number of hydrogen-bond donors (Lipinski definition) is 2. The second kappa shape index (κ2) is 10.3. The van der Waals surface area contributed by atoms with E-state index in [1.807, 2.05) is 12.1 Å². The van der Waals surface area contributed by atoms with Gasteiger partial charge in [0.1, 0.15) is 14.1 Å². The van der Waals surface area contributed by atoms with Crippen molar-refractivity contribution in [2.24, 2.45) is 0 Å². The summed E-state index contributed by atoms with van der Waals surface area (Å²) < 4.78 is 0. The van der Waals surface area contributed by atoms with E-state index in [2.05, 4.69) is 60.4 Å². The topological polar surface area (TPSA) is 66.4 Å². The summed E-state index contributed by atoms with van der Waals surface area (Å²) in [6, 6.07) is 21.7. The Morgan fingerprint density at radius 2 is 1.56 bits per heavy atom. The van der Waals surface area contributed by atoms with E-state index in [9.17, 15) is 14.7 Å². The number of aliphatic carboxylic acids is 1. The quantitative estimate of drug-likeness (QED) is 0.474. The number of nitrogens with one attached hydrogen (secondary N) is 1. The minimum absolute atomic E-state index is 0.309. The molecule has 1 amide bonds. The van der Waals surface area contributed by atoms with E-state index < -0.39 is 20.1 Å². The van der Waals surface area contributed by atoms with Crippen molar-refractivity contribution >= 4 is 42.1 Å². The number of carboxylic acid groups (broad SMARTS) is 1. The lowest BCUT2D eigenvalue weighted by Gasteiger charge is -2.29. The van der Waals surface area contributed by atoms with Gasteiger partial charge in [-0.3, -0.25) is 4.79 Å². The molecule has 1 atom stereocenters. The molecule has 0 fully saturated rings. The molecule has 2 rings (SSSR count). The minimum Gasteiger partial charge on any atom is -0.480 e. The molecule has 0 bridgehead atoms. The van der Waals surface area contributed by atoms with E-state index in [0.717, 1.165) is 18.2 Å². The number of carbonyl (C=O) groups excluding carboxylic acids is 1. The number of rotatable bonds is 10. The van der Waals surface area contributed by atoms with Crippen molar-refractivity contribution in [3.63, 3.8) is 0 Å². The van der Waals surface area contributed by atoms with Gasteiger partial charge in [0.15, 0.2) is 0 Å². The lowest BCUT2D eigenvalue weighted by molar-refractivity contribution is -0.140. The smallest absolute Gasteiger partial charge is 0.327 e. The van der Waals surface area contributed by atoms with Gasteiger partial charge >= 0.3 is 5.97 Å². The van der Waals surface area contributed by atoms with Crippen LogP contribution in [0.2, 0.25) is 12.6 Å². The monoisotopic (exact) mass is 401 g/mol. The molecule has 2 aromatic carbocycles. The maximum atomic E-state index is 11.2.